The van der Waals surface area contributed by atoms with E-state index in [9.17, 15) is 4.39 Å². The molecule has 0 radical (unpaired) electrons. The Morgan fingerprint density at radius 3 is 2.74 bits per heavy atom. The van der Waals surface area contributed by atoms with Crippen molar-refractivity contribution in [3.8, 4) is 0 Å². The number of hydrogen-bond acceptors (Lipinski definition) is 6. The number of aryl methyl sites for hydroxylation is 1. The number of guanidine groups is 1. The predicted octanol–water partition coefficient (Wildman–Crippen LogP) is 1.69. The molecule has 1 aliphatic heterocycles. The monoisotopic (exact) mass is 449 g/mol. The molecule has 170 valence electrons. The molecule has 3 rings (SSSR count). The molecule has 10 heteroatoms. The first-order chi connectivity index (χ1) is 15.1. The fourth-order valence-corrected chi connectivity index (χ4v) is 3.88. The van der Waals surface area contributed by atoms with Gasteiger partial charge in [0, 0.05) is 39.0 Å². The molecule has 0 amide bonds. The highest BCUT2D eigenvalue weighted by Gasteiger charge is 2.11. The second kappa shape index (κ2) is 12.0. The number of aliphatic imine (C=N–C) groups is 1. The van der Waals surface area contributed by atoms with Crippen LogP contribution in [0.25, 0.3) is 0 Å². The summed E-state index contributed by atoms with van der Waals surface area (Å²) < 4.78 is 21.0. The summed E-state index contributed by atoms with van der Waals surface area (Å²) in [6.45, 7) is 8.07. The summed E-state index contributed by atoms with van der Waals surface area (Å²) in [6, 6.07) is 4.92. The standard InChI is InChI=1S/C21H32FN7OS/c1-16-26-27-20(28(16)2)14-25-21(23-6-7-29-8-10-30-11-9-29)24-13-17-4-5-19(22)12-18(17)15-31-3/h4-5,12H,6-11,13-15H2,1-3H3,(H2,23,24,25). The van der Waals surface area contributed by atoms with Crippen molar-refractivity contribution in [2.45, 2.75) is 25.8 Å². The molecule has 2 heterocycles. The fraction of sp³-hybridized carbons (Fsp3) is 0.571. The normalized spacial score (nSPS) is 15.3. The van der Waals surface area contributed by atoms with Crippen LogP contribution < -0.4 is 10.6 Å². The summed E-state index contributed by atoms with van der Waals surface area (Å²) in [5.41, 5.74) is 2.01. The van der Waals surface area contributed by atoms with Gasteiger partial charge in [-0.05, 0) is 36.4 Å². The van der Waals surface area contributed by atoms with E-state index in [4.69, 9.17) is 9.73 Å². The largest absolute Gasteiger partial charge is 0.379 e. The average molecular weight is 450 g/mol. The highest BCUT2D eigenvalue weighted by Crippen LogP contribution is 2.17. The number of nitrogens with one attached hydrogen (secondary N) is 2. The van der Waals surface area contributed by atoms with Gasteiger partial charge < -0.3 is 19.9 Å². The molecular weight excluding hydrogens is 417 g/mol. The van der Waals surface area contributed by atoms with Crippen LogP contribution in [-0.4, -0.2) is 71.3 Å². The third kappa shape index (κ3) is 7.19. The lowest BCUT2D eigenvalue weighted by molar-refractivity contribution is 0.0389. The minimum absolute atomic E-state index is 0.212. The quantitative estimate of drug-likeness (QED) is 0.446. The van der Waals surface area contributed by atoms with Gasteiger partial charge in [-0.15, -0.1) is 10.2 Å². The molecule has 0 spiro atoms. The maximum atomic E-state index is 13.7. The van der Waals surface area contributed by atoms with Gasteiger partial charge in [0.1, 0.15) is 11.6 Å². The number of aromatic nitrogens is 3. The Balaban J connectivity index is 1.65. The Hall–Kier alpha value is -2.17. The first-order valence-corrected chi connectivity index (χ1v) is 11.9. The Morgan fingerprint density at radius 1 is 1.23 bits per heavy atom. The molecule has 31 heavy (non-hydrogen) atoms. The molecule has 0 unspecified atom stereocenters. The molecule has 0 bridgehead atoms. The topological polar surface area (TPSA) is 79.6 Å². The highest BCUT2D eigenvalue weighted by molar-refractivity contribution is 7.97. The highest BCUT2D eigenvalue weighted by atomic mass is 32.2. The number of rotatable bonds is 9. The van der Waals surface area contributed by atoms with Gasteiger partial charge in [-0.3, -0.25) is 4.90 Å². The van der Waals surface area contributed by atoms with Crippen molar-refractivity contribution < 1.29 is 9.13 Å². The van der Waals surface area contributed by atoms with Crippen molar-refractivity contribution in [1.82, 2.24) is 30.3 Å². The van der Waals surface area contributed by atoms with E-state index in [2.05, 4.69) is 25.7 Å². The Morgan fingerprint density at radius 2 is 2.03 bits per heavy atom. The van der Waals surface area contributed by atoms with Crippen LogP contribution in [0.3, 0.4) is 0 Å². The van der Waals surface area contributed by atoms with Crippen LogP contribution in [-0.2, 0) is 30.6 Å². The van der Waals surface area contributed by atoms with Crippen molar-refractivity contribution in [3.05, 3.63) is 46.8 Å². The van der Waals surface area contributed by atoms with Gasteiger partial charge in [-0.25, -0.2) is 9.38 Å². The summed E-state index contributed by atoms with van der Waals surface area (Å²) >= 11 is 1.67. The van der Waals surface area contributed by atoms with Crippen LogP contribution in [0.15, 0.2) is 23.2 Å². The first kappa shape index (κ1) is 23.5. The van der Waals surface area contributed by atoms with Crippen molar-refractivity contribution in [2.75, 3.05) is 45.6 Å². The predicted molar refractivity (Wildman–Crippen MR) is 123 cm³/mol. The molecule has 2 N–H and O–H groups in total. The average Bonchev–Trinajstić information content (AvgIpc) is 3.09. The maximum absolute atomic E-state index is 13.7. The van der Waals surface area contributed by atoms with Crippen LogP contribution in [0.5, 0.6) is 0 Å². The number of hydrogen-bond donors (Lipinski definition) is 2. The van der Waals surface area contributed by atoms with E-state index in [1.54, 1.807) is 17.8 Å². The van der Waals surface area contributed by atoms with Gasteiger partial charge >= 0.3 is 0 Å². The van der Waals surface area contributed by atoms with E-state index in [1.165, 1.54) is 6.07 Å². The van der Waals surface area contributed by atoms with Crippen molar-refractivity contribution in [3.63, 3.8) is 0 Å². The molecule has 1 saturated heterocycles. The molecule has 0 aliphatic carbocycles. The lowest BCUT2D eigenvalue weighted by Crippen LogP contribution is -2.44. The molecule has 1 aromatic heterocycles. The van der Waals surface area contributed by atoms with Crippen LogP contribution >= 0.6 is 11.8 Å². The third-order valence-corrected chi connectivity index (χ3v) is 5.90. The molecule has 0 saturated carbocycles. The van der Waals surface area contributed by atoms with Crippen LogP contribution in [0.4, 0.5) is 4.39 Å². The number of nitrogens with zero attached hydrogens (tertiary/aromatic N) is 5. The lowest BCUT2D eigenvalue weighted by Gasteiger charge is -2.26. The Labute approximate surface area is 187 Å². The lowest BCUT2D eigenvalue weighted by atomic mass is 10.1. The van der Waals surface area contributed by atoms with Crippen LogP contribution in [0, 0.1) is 12.7 Å². The molecule has 1 aliphatic rings. The minimum Gasteiger partial charge on any atom is -0.379 e. The van der Waals surface area contributed by atoms with Gasteiger partial charge in [0.2, 0.25) is 0 Å². The van der Waals surface area contributed by atoms with Gasteiger partial charge in [0.25, 0.3) is 0 Å². The molecule has 0 atom stereocenters. The van der Waals surface area contributed by atoms with Crippen LogP contribution in [0.1, 0.15) is 22.8 Å². The minimum atomic E-state index is -0.212. The summed E-state index contributed by atoms with van der Waals surface area (Å²) in [7, 11) is 1.95. The molecule has 2 aromatic rings. The van der Waals surface area contributed by atoms with E-state index in [1.807, 2.05) is 30.9 Å². The van der Waals surface area contributed by atoms with Gasteiger partial charge in [0.15, 0.2) is 11.8 Å². The van der Waals surface area contributed by atoms with Gasteiger partial charge in [-0.1, -0.05) is 6.07 Å². The summed E-state index contributed by atoms with van der Waals surface area (Å²) in [5.74, 6) is 2.95. The Bertz CT molecular complexity index is 867. The SMILES string of the molecule is CSCc1cc(F)ccc1CN=C(NCCN1CCOCC1)NCc1nnc(C)n1C. The number of benzene rings is 1. The van der Waals surface area contributed by atoms with Crippen molar-refractivity contribution >= 4 is 17.7 Å². The van der Waals surface area contributed by atoms with Gasteiger partial charge in [0.05, 0.1) is 26.3 Å². The summed E-state index contributed by atoms with van der Waals surface area (Å²) in [4.78, 5) is 7.13. The zero-order valence-electron chi connectivity index (χ0n) is 18.5. The van der Waals surface area contributed by atoms with E-state index >= 15 is 0 Å². The van der Waals surface area contributed by atoms with E-state index in [0.717, 1.165) is 67.9 Å². The molecule has 8 nitrogen and oxygen atoms in total. The number of morpholine rings is 1. The second-order valence-electron chi connectivity index (χ2n) is 7.47. The zero-order chi connectivity index (χ0) is 22.1. The van der Waals surface area contributed by atoms with E-state index < -0.39 is 0 Å². The first-order valence-electron chi connectivity index (χ1n) is 10.5. The summed E-state index contributed by atoms with van der Waals surface area (Å²) in [6.07, 6.45) is 2.01. The third-order valence-electron chi connectivity index (χ3n) is 5.30. The number of thioether (sulfide) groups is 1. The fourth-order valence-electron chi connectivity index (χ4n) is 3.30. The molecular formula is C21H32FN7OS. The smallest absolute Gasteiger partial charge is 0.192 e. The van der Waals surface area contributed by atoms with Crippen molar-refractivity contribution in [2.24, 2.45) is 12.0 Å². The van der Waals surface area contributed by atoms with E-state index in [0.29, 0.717) is 19.0 Å². The van der Waals surface area contributed by atoms with E-state index in [-0.39, 0.29) is 5.82 Å². The van der Waals surface area contributed by atoms with Crippen LogP contribution in [0.2, 0.25) is 0 Å². The summed E-state index contributed by atoms with van der Waals surface area (Å²) in [5, 5.41) is 15.1. The maximum Gasteiger partial charge on any atom is 0.192 e. The second-order valence-corrected chi connectivity index (χ2v) is 8.33. The molecule has 1 aromatic carbocycles. The number of ether oxygens (including phenoxy) is 1. The van der Waals surface area contributed by atoms with Crippen molar-refractivity contribution in [1.29, 1.82) is 0 Å². The number of halogens is 1. The Kier molecular flexibility index (Phi) is 9.11. The van der Waals surface area contributed by atoms with Gasteiger partial charge in [-0.2, -0.15) is 11.8 Å². The zero-order valence-corrected chi connectivity index (χ0v) is 19.3. The molecule has 1 fully saturated rings.